The van der Waals surface area contributed by atoms with Gasteiger partial charge in [-0.3, -0.25) is 4.79 Å². The van der Waals surface area contributed by atoms with Crippen LogP contribution in [0.1, 0.15) is 21.6 Å². The van der Waals surface area contributed by atoms with E-state index in [4.69, 9.17) is 10.00 Å². The minimum atomic E-state index is -4.72. The number of hydrogen-bond donors (Lipinski definition) is 1. The number of carbonyl (C=O) groups is 1. The maximum absolute atomic E-state index is 13.8. The first kappa shape index (κ1) is 24.8. The van der Waals surface area contributed by atoms with Crippen LogP contribution in [0.3, 0.4) is 0 Å². The molecule has 10 nitrogen and oxygen atoms in total. The van der Waals surface area contributed by atoms with Crippen LogP contribution in [0.25, 0.3) is 17.1 Å². The molecule has 5 rings (SSSR count). The Kier molecular flexibility index (Phi) is 6.71. The van der Waals surface area contributed by atoms with Crippen molar-refractivity contribution in [3.8, 4) is 23.1 Å². The molecule has 1 aliphatic heterocycles. The number of anilines is 2. The standard InChI is InChI=1S/C25H19F3N8O2/c26-25(27,28)20-13-19(18-4-6-22(30-15-18)35-8-10-38-11-9-35)34-36(20)23-7-5-21(32-33-23)31-24(37)17-3-1-2-16(12-17)14-29/h1-7,12-13,15H,8-11H2,(H,31,32,37). The summed E-state index contributed by atoms with van der Waals surface area (Å²) >= 11 is 0. The molecule has 1 saturated heterocycles. The van der Waals surface area contributed by atoms with E-state index in [1.54, 1.807) is 24.3 Å². The van der Waals surface area contributed by atoms with Crippen molar-refractivity contribution in [3.63, 3.8) is 0 Å². The van der Waals surface area contributed by atoms with Crippen molar-refractivity contribution in [3.05, 3.63) is 77.6 Å². The number of nitriles is 1. The molecule has 4 heterocycles. The second-order valence-electron chi connectivity index (χ2n) is 8.25. The van der Waals surface area contributed by atoms with Crippen LogP contribution >= 0.6 is 0 Å². The number of aromatic nitrogens is 5. The molecule has 3 aromatic heterocycles. The number of nitrogens with one attached hydrogen (secondary N) is 1. The quantitative estimate of drug-likeness (QED) is 0.423. The molecule has 0 spiro atoms. The van der Waals surface area contributed by atoms with Crippen molar-refractivity contribution in [1.29, 1.82) is 5.26 Å². The highest BCUT2D eigenvalue weighted by atomic mass is 19.4. The molecule has 0 bridgehead atoms. The van der Waals surface area contributed by atoms with Crippen molar-refractivity contribution in [1.82, 2.24) is 25.0 Å². The Morgan fingerprint density at radius 3 is 2.47 bits per heavy atom. The number of morpholine rings is 1. The Hall–Kier alpha value is -4.83. The van der Waals surface area contributed by atoms with Crippen LogP contribution < -0.4 is 10.2 Å². The predicted molar refractivity (Wildman–Crippen MR) is 130 cm³/mol. The normalized spacial score (nSPS) is 13.7. The molecule has 1 amide bonds. The maximum Gasteiger partial charge on any atom is 0.433 e. The van der Waals surface area contributed by atoms with E-state index in [-0.39, 0.29) is 22.9 Å². The highest BCUT2D eigenvalue weighted by Crippen LogP contribution is 2.34. The minimum Gasteiger partial charge on any atom is -0.378 e. The molecule has 0 saturated carbocycles. The number of carbonyl (C=O) groups excluding carboxylic acids is 1. The van der Waals surface area contributed by atoms with Crippen molar-refractivity contribution >= 4 is 17.5 Å². The number of amides is 1. The third-order valence-corrected chi connectivity index (χ3v) is 5.74. The van der Waals surface area contributed by atoms with Gasteiger partial charge in [-0.15, -0.1) is 10.2 Å². The van der Waals surface area contributed by atoms with Gasteiger partial charge in [0, 0.05) is 30.4 Å². The van der Waals surface area contributed by atoms with Crippen molar-refractivity contribution in [2.24, 2.45) is 0 Å². The molecule has 0 atom stereocenters. The highest BCUT2D eigenvalue weighted by Gasteiger charge is 2.37. The van der Waals surface area contributed by atoms with Gasteiger partial charge in [0.15, 0.2) is 17.3 Å². The second-order valence-corrected chi connectivity index (χ2v) is 8.25. The fraction of sp³-hybridized carbons (Fsp3) is 0.200. The Morgan fingerprint density at radius 2 is 1.82 bits per heavy atom. The van der Waals surface area contributed by atoms with Crippen LogP contribution in [0.15, 0.2) is 60.8 Å². The molecule has 4 aromatic rings. The summed E-state index contributed by atoms with van der Waals surface area (Å²) in [5, 5.41) is 23.3. The number of halogens is 3. The third-order valence-electron chi connectivity index (χ3n) is 5.74. The summed E-state index contributed by atoms with van der Waals surface area (Å²) in [7, 11) is 0. The first-order chi connectivity index (χ1) is 18.3. The maximum atomic E-state index is 13.8. The summed E-state index contributed by atoms with van der Waals surface area (Å²) in [5.41, 5.74) is -0.0415. The summed E-state index contributed by atoms with van der Waals surface area (Å²) in [6, 6.07) is 14.9. The van der Waals surface area contributed by atoms with E-state index in [9.17, 15) is 18.0 Å². The van der Waals surface area contributed by atoms with Crippen molar-refractivity contribution < 1.29 is 22.7 Å². The molecule has 0 aliphatic carbocycles. The van der Waals surface area contributed by atoms with E-state index >= 15 is 0 Å². The molecular formula is C25H19F3N8O2. The lowest BCUT2D eigenvalue weighted by molar-refractivity contribution is -0.142. The van der Waals surface area contributed by atoms with Gasteiger partial charge in [0.2, 0.25) is 0 Å². The molecule has 1 fully saturated rings. The van der Waals surface area contributed by atoms with Crippen LogP contribution in [0.4, 0.5) is 24.8 Å². The van der Waals surface area contributed by atoms with Gasteiger partial charge in [-0.2, -0.15) is 23.5 Å². The summed E-state index contributed by atoms with van der Waals surface area (Å²) in [6.07, 6.45) is -3.24. The second kappa shape index (κ2) is 10.3. The largest absolute Gasteiger partial charge is 0.433 e. The third kappa shape index (κ3) is 5.30. The van der Waals surface area contributed by atoms with Crippen LogP contribution in [0.5, 0.6) is 0 Å². The summed E-state index contributed by atoms with van der Waals surface area (Å²) in [4.78, 5) is 18.9. The molecular weight excluding hydrogens is 501 g/mol. The number of pyridine rings is 1. The average Bonchev–Trinajstić information content (AvgIpc) is 3.40. The lowest BCUT2D eigenvalue weighted by Gasteiger charge is -2.27. The highest BCUT2D eigenvalue weighted by molar-refractivity contribution is 6.03. The smallest absolute Gasteiger partial charge is 0.378 e. The topological polar surface area (TPSA) is 122 Å². The minimum absolute atomic E-state index is 0.0185. The first-order valence-electron chi connectivity index (χ1n) is 11.4. The van der Waals surface area contributed by atoms with E-state index in [1.807, 2.05) is 11.0 Å². The van der Waals surface area contributed by atoms with Gasteiger partial charge in [0.05, 0.1) is 30.5 Å². The van der Waals surface area contributed by atoms with Gasteiger partial charge in [-0.25, -0.2) is 9.67 Å². The van der Waals surface area contributed by atoms with Crippen LogP contribution in [0.2, 0.25) is 0 Å². The van der Waals surface area contributed by atoms with Crippen LogP contribution in [-0.2, 0) is 10.9 Å². The van der Waals surface area contributed by atoms with E-state index in [0.717, 1.165) is 6.07 Å². The first-order valence-corrected chi connectivity index (χ1v) is 11.4. The van der Waals surface area contributed by atoms with Gasteiger partial charge in [-0.1, -0.05) is 6.07 Å². The Morgan fingerprint density at radius 1 is 1.03 bits per heavy atom. The van der Waals surface area contributed by atoms with Gasteiger partial charge in [-0.05, 0) is 48.5 Å². The van der Waals surface area contributed by atoms with E-state index in [1.165, 1.54) is 30.5 Å². The summed E-state index contributed by atoms with van der Waals surface area (Å²) in [5.74, 6) is -0.0131. The zero-order valence-electron chi connectivity index (χ0n) is 19.7. The number of hydrogen-bond acceptors (Lipinski definition) is 8. The molecule has 0 unspecified atom stereocenters. The number of rotatable bonds is 5. The molecule has 0 radical (unpaired) electrons. The summed E-state index contributed by atoms with van der Waals surface area (Å²) in [6.45, 7) is 2.53. The fourth-order valence-electron chi connectivity index (χ4n) is 3.84. The number of ether oxygens (including phenoxy) is 1. The van der Waals surface area contributed by atoms with Crippen molar-refractivity contribution in [2.75, 3.05) is 36.5 Å². The Labute approximate surface area is 214 Å². The molecule has 13 heteroatoms. The number of benzene rings is 1. The lowest BCUT2D eigenvalue weighted by Crippen LogP contribution is -2.36. The zero-order valence-corrected chi connectivity index (χ0v) is 19.7. The van der Waals surface area contributed by atoms with E-state index < -0.39 is 17.8 Å². The zero-order chi connectivity index (χ0) is 26.7. The Balaban J connectivity index is 1.38. The molecule has 1 aliphatic rings. The van der Waals surface area contributed by atoms with Gasteiger partial charge >= 0.3 is 6.18 Å². The predicted octanol–water partition coefficient (Wildman–Crippen LogP) is 3.70. The van der Waals surface area contributed by atoms with E-state index in [0.29, 0.717) is 47.9 Å². The van der Waals surface area contributed by atoms with Crippen LogP contribution in [-0.4, -0.2) is 57.2 Å². The summed E-state index contributed by atoms with van der Waals surface area (Å²) < 4.78 is 47.5. The van der Waals surface area contributed by atoms with Gasteiger partial charge < -0.3 is 15.0 Å². The molecule has 38 heavy (non-hydrogen) atoms. The molecule has 192 valence electrons. The van der Waals surface area contributed by atoms with Crippen LogP contribution in [0, 0.1) is 11.3 Å². The van der Waals surface area contributed by atoms with Crippen molar-refractivity contribution in [2.45, 2.75) is 6.18 Å². The average molecular weight is 520 g/mol. The molecule has 1 aromatic carbocycles. The lowest BCUT2D eigenvalue weighted by atomic mass is 10.1. The van der Waals surface area contributed by atoms with Gasteiger partial charge in [0.25, 0.3) is 5.91 Å². The van der Waals surface area contributed by atoms with E-state index in [2.05, 4.69) is 25.6 Å². The number of nitrogens with zero attached hydrogens (tertiary/aromatic N) is 7. The molecule has 1 N–H and O–H groups in total. The SMILES string of the molecule is N#Cc1cccc(C(=O)Nc2ccc(-n3nc(-c4ccc(N5CCOCC5)nc4)cc3C(F)(F)F)nn2)c1. The van der Waals surface area contributed by atoms with Gasteiger partial charge in [0.1, 0.15) is 5.82 Å². The monoisotopic (exact) mass is 520 g/mol. The fourth-order valence-corrected chi connectivity index (χ4v) is 3.84. The number of alkyl halides is 3. The Bertz CT molecular complexity index is 1490.